The van der Waals surface area contributed by atoms with Crippen LogP contribution in [-0.4, -0.2) is 56.1 Å². The molecule has 0 aromatic rings. The van der Waals surface area contributed by atoms with Crippen LogP contribution in [0.4, 0.5) is 0 Å². The summed E-state index contributed by atoms with van der Waals surface area (Å²) in [5, 5.41) is 4.48. The summed E-state index contributed by atoms with van der Waals surface area (Å²) in [6.45, 7) is 9.38. The summed E-state index contributed by atoms with van der Waals surface area (Å²) in [5.41, 5.74) is -0.193. The van der Waals surface area contributed by atoms with Crippen LogP contribution in [0, 0.1) is 0 Å². The lowest BCUT2D eigenvalue weighted by Gasteiger charge is -2.46. The number of morpholine rings is 2. The zero-order valence-electron chi connectivity index (χ0n) is 9.03. The van der Waals surface area contributed by atoms with Crippen LogP contribution in [0.2, 0.25) is 0 Å². The molecule has 2 unspecified atom stereocenters. The van der Waals surface area contributed by atoms with Gasteiger partial charge in [-0.05, 0) is 13.8 Å². The van der Waals surface area contributed by atoms with E-state index in [4.69, 9.17) is 9.47 Å². The third-order valence-electron chi connectivity index (χ3n) is 2.93. The van der Waals surface area contributed by atoms with Gasteiger partial charge in [-0.15, -0.1) is 0 Å². The van der Waals surface area contributed by atoms with Gasteiger partial charge in [0.15, 0.2) is 0 Å². The summed E-state index contributed by atoms with van der Waals surface area (Å²) < 4.78 is 11.3. The minimum atomic E-state index is -0.193. The maximum absolute atomic E-state index is 5.99. The minimum Gasteiger partial charge on any atom is -0.379 e. The Hall–Kier alpha value is -0.160. The molecule has 2 aliphatic heterocycles. The van der Waals surface area contributed by atoms with Crippen molar-refractivity contribution in [1.82, 2.24) is 10.2 Å². The first-order chi connectivity index (χ1) is 6.71. The van der Waals surface area contributed by atoms with Crippen molar-refractivity contribution in [2.24, 2.45) is 0 Å². The molecule has 14 heavy (non-hydrogen) atoms. The van der Waals surface area contributed by atoms with Crippen LogP contribution in [-0.2, 0) is 9.47 Å². The lowest BCUT2D eigenvalue weighted by Crippen LogP contribution is -2.61. The van der Waals surface area contributed by atoms with Crippen molar-refractivity contribution in [3.05, 3.63) is 0 Å². The van der Waals surface area contributed by atoms with E-state index in [1.807, 2.05) is 0 Å². The van der Waals surface area contributed by atoms with E-state index in [1.165, 1.54) is 0 Å². The second-order valence-corrected chi connectivity index (χ2v) is 4.27. The van der Waals surface area contributed by atoms with Crippen molar-refractivity contribution in [2.45, 2.75) is 25.7 Å². The van der Waals surface area contributed by atoms with Gasteiger partial charge in [-0.2, -0.15) is 0 Å². The molecule has 2 atom stereocenters. The number of ether oxygens (including phenoxy) is 2. The van der Waals surface area contributed by atoms with Gasteiger partial charge in [0.1, 0.15) is 5.72 Å². The van der Waals surface area contributed by atoms with E-state index < -0.39 is 0 Å². The molecule has 2 rings (SSSR count). The van der Waals surface area contributed by atoms with Crippen LogP contribution in [0.15, 0.2) is 0 Å². The third kappa shape index (κ3) is 2.08. The average Bonchev–Trinajstić information content (AvgIpc) is 2.19. The molecule has 2 aliphatic rings. The predicted octanol–water partition coefficient (Wildman–Crippen LogP) is 0.0579. The number of hydrogen-bond acceptors (Lipinski definition) is 3. The smallest absolute Gasteiger partial charge is 0.133 e. The van der Waals surface area contributed by atoms with Gasteiger partial charge in [-0.3, -0.25) is 4.90 Å². The van der Waals surface area contributed by atoms with Crippen molar-refractivity contribution in [3.8, 4) is 0 Å². The maximum Gasteiger partial charge on any atom is 0.133 e. The molecule has 2 fully saturated rings. The van der Waals surface area contributed by atoms with Crippen LogP contribution in [0.5, 0.6) is 0 Å². The lowest BCUT2D eigenvalue weighted by atomic mass is 10.1. The number of hydrogen-bond donors (Lipinski definition) is 0. The first-order valence-electron chi connectivity index (χ1n) is 5.34. The highest BCUT2D eigenvalue weighted by Crippen LogP contribution is 2.22. The monoisotopic (exact) mass is 199 g/mol. The standard InChI is InChI=1S/C10H19N2O2/c1-9-7-11-8-10(2,14-9)12-3-5-13-6-4-12/h9H,3-8H2,1-2H3. The van der Waals surface area contributed by atoms with Gasteiger partial charge in [0.2, 0.25) is 0 Å². The molecule has 81 valence electrons. The van der Waals surface area contributed by atoms with Gasteiger partial charge < -0.3 is 9.47 Å². The molecule has 0 aromatic carbocycles. The molecule has 0 amide bonds. The molecule has 0 spiro atoms. The summed E-state index contributed by atoms with van der Waals surface area (Å²) in [7, 11) is 0. The van der Waals surface area contributed by atoms with Crippen molar-refractivity contribution < 1.29 is 9.47 Å². The Balaban J connectivity index is 1.98. The first-order valence-corrected chi connectivity index (χ1v) is 5.34. The SMILES string of the molecule is CC1C[N]CC(C)(N2CCOCC2)O1. The molecule has 4 nitrogen and oxygen atoms in total. The van der Waals surface area contributed by atoms with Gasteiger partial charge in [0.25, 0.3) is 0 Å². The Morgan fingerprint density at radius 2 is 2.07 bits per heavy atom. The van der Waals surface area contributed by atoms with E-state index in [2.05, 4.69) is 24.1 Å². The molecule has 2 saturated heterocycles. The molecule has 2 heterocycles. The second kappa shape index (κ2) is 4.14. The first kappa shape index (κ1) is 10.4. The van der Waals surface area contributed by atoms with Crippen LogP contribution >= 0.6 is 0 Å². The summed E-state index contributed by atoms with van der Waals surface area (Å²) in [4.78, 5) is 2.34. The summed E-state index contributed by atoms with van der Waals surface area (Å²) in [6, 6.07) is 0. The Morgan fingerprint density at radius 1 is 1.36 bits per heavy atom. The van der Waals surface area contributed by atoms with Crippen molar-refractivity contribution in [3.63, 3.8) is 0 Å². The van der Waals surface area contributed by atoms with Gasteiger partial charge >= 0.3 is 0 Å². The van der Waals surface area contributed by atoms with E-state index in [1.54, 1.807) is 0 Å². The largest absolute Gasteiger partial charge is 0.379 e. The predicted molar refractivity (Wildman–Crippen MR) is 53.2 cm³/mol. The summed E-state index contributed by atoms with van der Waals surface area (Å²) in [5.74, 6) is 0. The average molecular weight is 199 g/mol. The Bertz CT molecular complexity index is 195. The van der Waals surface area contributed by atoms with Crippen molar-refractivity contribution in [1.29, 1.82) is 0 Å². The van der Waals surface area contributed by atoms with Crippen molar-refractivity contribution >= 4 is 0 Å². The number of nitrogens with zero attached hydrogens (tertiary/aromatic N) is 2. The number of rotatable bonds is 1. The summed E-state index contributed by atoms with van der Waals surface area (Å²) >= 11 is 0. The van der Waals surface area contributed by atoms with Gasteiger partial charge in [-0.25, -0.2) is 5.32 Å². The molecule has 4 heteroatoms. The van der Waals surface area contributed by atoms with E-state index in [0.29, 0.717) is 0 Å². The molecule has 0 bridgehead atoms. The fourth-order valence-corrected chi connectivity index (χ4v) is 2.17. The quantitative estimate of drug-likeness (QED) is 0.599. The highest BCUT2D eigenvalue weighted by Gasteiger charge is 2.38. The fraction of sp³-hybridized carbons (Fsp3) is 1.00. The zero-order valence-corrected chi connectivity index (χ0v) is 9.03. The molecular formula is C10H19N2O2. The van der Waals surface area contributed by atoms with E-state index in [9.17, 15) is 0 Å². The molecule has 1 radical (unpaired) electrons. The zero-order chi connectivity index (χ0) is 10.0. The van der Waals surface area contributed by atoms with Gasteiger partial charge in [0, 0.05) is 19.6 Å². The normalized spacial score (nSPS) is 41.1. The Labute approximate surface area is 85.5 Å². The van der Waals surface area contributed by atoms with E-state index >= 15 is 0 Å². The van der Waals surface area contributed by atoms with Crippen LogP contribution < -0.4 is 5.32 Å². The highest BCUT2D eigenvalue weighted by atomic mass is 16.5. The second-order valence-electron chi connectivity index (χ2n) is 4.27. The molecule has 0 aromatic heterocycles. The van der Waals surface area contributed by atoms with Gasteiger partial charge in [-0.1, -0.05) is 0 Å². The Kier molecular flexibility index (Phi) is 3.07. The van der Waals surface area contributed by atoms with E-state index in [-0.39, 0.29) is 11.8 Å². The Morgan fingerprint density at radius 3 is 2.71 bits per heavy atom. The van der Waals surface area contributed by atoms with Crippen molar-refractivity contribution in [2.75, 3.05) is 39.4 Å². The van der Waals surface area contributed by atoms with Crippen LogP contribution in [0.3, 0.4) is 0 Å². The maximum atomic E-state index is 5.99. The van der Waals surface area contributed by atoms with Crippen LogP contribution in [0.1, 0.15) is 13.8 Å². The summed E-state index contributed by atoms with van der Waals surface area (Å²) in [6.07, 6.45) is 0.247. The van der Waals surface area contributed by atoms with Crippen LogP contribution in [0.25, 0.3) is 0 Å². The topological polar surface area (TPSA) is 35.8 Å². The lowest BCUT2D eigenvalue weighted by molar-refractivity contribution is -0.203. The third-order valence-corrected chi connectivity index (χ3v) is 2.93. The fourth-order valence-electron chi connectivity index (χ4n) is 2.17. The minimum absolute atomic E-state index is 0.193. The molecule has 0 N–H and O–H groups in total. The highest BCUT2D eigenvalue weighted by molar-refractivity contribution is 4.85. The van der Waals surface area contributed by atoms with E-state index in [0.717, 1.165) is 39.4 Å². The van der Waals surface area contributed by atoms with Gasteiger partial charge in [0.05, 0.1) is 25.9 Å². The molecule has 0 saturated carbocycles. The molecular weight excluding hydrogens is 180 g/mol. The molecule has 0 aliphatic carbocycles.